The number of hydrogen-bond acceptors (Lipinski definition) is 4. The molecule has 1 fully saturated rings. The second-order valence-electron chi connectivity index (χ2n) is 3.70. The summed E-state index contributed by atoms with van der Waals surface area (Å²) in [7, 11) is 1.68. The Kier molecular flexibility index (Phi) is 3.23. The van der Waals surface area contributed by atoms with Crippen LogP contribution in [0.1, 0.15) is 13.8 Å². The van der Waals surface area contributed by atoms with E-state index in [1.54, 1.807) is 20.9 Å². The zero-order valence-corrected chi connectivity index (χ0v) is 8.72. The first-order valence-electron chi connectivity index (χ1n) is 4.62. The molecule has 0 aromatic rings. The van der Waals surface area contributed by atoms with Crippen LogP contribution in [0, 0.1) is 0 Å². The third-order valence-electron chi connectivity index (χ3n) is 2.21. The number of carbonyl (C=O) groups excluding carboxylic acids is 2. The van der Waals surface area contributed by atoms with Crippen molar-refractivity contribution in [1.29, 1.82) is 0 Å². The maximum Gasteiger partial charge on any atom is 0.234 e. The molecule has 1 rings (SSSR count). The summed E-state index contributed by atoms with van der Waals surface area (Å²) in [6.45, 7) is 4.08. The van der Waals surface area contributed by atoms with Gasteiger partial charge in [-0.3, -0.25) is 9.59 Å². The highest BCUT2D eigenvalue weighted by molar-refractivity contribution is 5.96. The van der Waals surface area contributed by atoms with Crippen molar-refractivity contribution in [2.75, 3.05) is 20.2 Å². The maximum absolute atomic E-state index is 11.6. The van der Waals surface area contributed by atoms with Crippen LogP contribution in [0.3, 0.4) is 0 Å². The number of hydrogen-bond donors (Lipinski definition) is 2. The number of ketones is 1. The number of ether oxygens (including phenoxy) is 1. The van der Waals surface area contributed by atoms with Crippen molar-refractivity contribution in [3.05, 3.63) is 0 Å². The Morgan fingerprint density at radius 2 is 2.14 bits per heavy atom. The lowest BCUT2D eigenvalue weighted by atomic mass is 10.0. The molecule has 0 aromatic carbocycles. The highest BCUT2D eigenvalue weighted by atomic mass is 16.6. The minimum Gasteiger partial charge on any atom is -0.361 e. The molecule has 5 nitrogen and oxygen atoms in total. The summed E-state index contributed by atoms with van der Waals surface area (Å²) in [5, 5.41) is 5.31. The van der Waals surface area contributed by atoms with Gasteiger partial charge in [0.05, 0.1) is 19.2 Å². The van der Waals surface area contributed by atoms with Gasteiger partial charge in [-0.15, -0.1) is 0 Å². The number of carbonyl (C=O) groups is 2. The highest BCUT2D eigenvalue weighted by Crippen LogP contribution is 2.27. The number of likely N-dealkylation sites (N-methyl/N-ethyl adjacent to an activating group) is 1. The van der Waals surface area contributed by atoms with Crippen LogP contribution in [0.15, 0.2) is 0 Å². The topological polar surface area (TPSA) is 70.7 Å². The van der Waals surface area contributed by atoms with Crippen LogP contribution in [0.4, 0.5) is 0 Å². The van der Waals surface area contributed by atoms with E-state index in [9.17, 15) is 9.59 Å². The molecule has 14 heavy (non-hydrogen) atoms. The second kappa shape index (κ2) is 4.06. The van der Waals surface area contributed by atoms with E-state index in [0.29, 0.717) is 6.61 Å². The van der Waals surface area contributed by atoms with Crippen molar-refractivity contribution in [3.8, 4) is 0 Å². The van der Waals surface area contributed by atoms with Gasteiger partial charge in [0.15, 0.2) is 5.78 Å². The molecular formula is C9H16N2O3. The third-order valence-corrected chi connectivity index (χ3v) is 2.21. The summed E-state index contributed by atoms with van der Waals surface area (Å²) >= 11 is 0. The van der Waals surface area contributed by atoms with E-state index in [0.717, 1.165) is 0 Å². The van der Waals surface area contributed by atoms with Crippen LogP contribution < -0.4 is 10.6 Å². The van der Waals surface area contributed by atoms with Crippen molar-refractivity contribution in [1.82, 2.24) is 10.6 Å². The highest BCUT2D eigenvalue weighted by Gasteiger charge is 2.48. The Hall–Kier alpha value is -0.940. The fraction of sp³-hybridized carbons (Fsp3) is 0.778. The Morgan fingerprint density at radius 1 is 1.57 bits per heavy atom. The van der Waals surface area contributed by atoms with Crippen LogP contribution in [0.25, 0.3) is 0 Å². The maximum atomic E-state index is 11.6. The standard InChI is InChI=1S/C9H16N2O3/c1-6(11-7(12)4-10-3)8(13)9(2)5-14-9/h6,10H,4-5H2,1-3H3,(H,11,12)/t6?,9-/m1/s1. The summed E-state index contributed by atoms with van der Waals surface area (Å²) in [5.74, 6) is -0.250. The Morgan fingerprint density at radius 3 is 2.57 bits per heavy atom. The van der Waals surface area contributed by atoms with Crippen LogP contribution in [-0.4, -0.2) is 43.5 Å². The first kappa shape index (κ1) is 11.1. The average molecular weight is 200 g/mol. The monoisotopic (exact) mass is 200 g/mol. The molecule has 0 aromatic heterocycles. The van der Waals surface area contributed by atoms with Crippen LogP contribution in [0.2, 0.25) is 0 Å². The molecule has 2 atom stereocenters. The van der Waals surface area contributed by atoms with E-state index in [1.165, 1.54) is 0 Å². The van der Waals surface area contributed by atoms with Gasteiger partial charge >= 0.3 is 0 Å². The van der Waals surface area contributed by atoms with E-state index < -0.39 is 11.6 Å². The molecule has 1 saturated heterocycles. The third kappa shape index (κ3) is 2.52. The zero-order valence-electron chi connectivity index (χ0n) is 8.72. The fourth-order valence-electron chi connectivity index (χ4n) is 1.23. The van der Waals surface area contributed by atoms with Crippen LogP contribution in [-0.2, 0) is 14.3 Å². The van der Waals surface area contributed by atoms with Gasteiger partial charge in [-0.2, -0.15) is 0 Å². The predicted molar refractivity (Wildman–Crippen MR) is 50.9 cm³/mol. The molecule has 0 spiro atoms. The molecule has 2 N–H and O–H groups in total. The lowest BCUT2D eigenvalue weighted by Crippen LogP contribution is -2.46. The molecule has 1 aliphatic heterocycles. The lowest BCUT2D eigenvalue weighted by molar-refractivity contribution is -0.129. The number of amides is 1. The van der Waals surface area contributed by atoms with Crippen molar-refractivity contribution in [2.45, 2.75) is 25.5 Å². The van der Waals surface area contributed by atoms with Gasteiger partial charge in [0, 0.05) is 0 Å². The molecule has 0 aliphatic carbocycles. The predicted octanol–water partition coefficient (Wildman–Crippen LogP) is -0.931. The van der Waals surface area contributed by atoms with Gasteiger partial charge in [-0.05, 0) is 20.9 Å². The molecule has 0 saturated carbocycles. The molecule has 1 heterocycles. The smallest absolute Gasteiger partial charge is 0.234 e. The number of rotatable bonds is 5. The number of Topliss-reactive ketones (excluding diaryl/α,β-unsaturated/α-hetero) is 1. The Labute approximate surface area is 83.2 Å². The van der Waals surface area contributed by atoms with Gasteiger partial charge in [-0.1, -0.05) is 0 Å². The normalized spacial score (nSPS) is 26.8. The van der Waals surface area contributed by atoms with E-state index >= 15 is 0 Å². The van der Waals surface area contributed by atoms with Gasteiger partial charge < -0.3 is 15.4 Å². The number of nitrogens with one attached hydrogen (secondary N) is 2. The van der Waals surface area contributed by atoms with Gasteiger partial charge in [0.1, 0.15) is 5.60 Å². The summed E-state index contributed by atoms with van der Waals surface area (Å²) in [5.41, 5.74) is -0.660. The van der Waals surface area contributed by atoms with Crippen LogP contribution in [0.5, 0.6) is 0 Å². The van der Waals surface area contributed by atoms with Crippen molar-refractivity contribution >= 4 is 11.7 Å². The van der Waals surface area contributed by atoms with Gasteiger partial charge in [-0.25, -0.2) is 0 Å². The Balaban J connectivity index is 2.38. The molecule has 1 unspecified atom stereocenters. The van der Waals surface area contributed by atoms with E-state index in [4.69, 9.17) is 4.74 Å². The van der Waals surface area contributed by atoms with E-state index in [-0.39, 0.29) is 18.2 Å². The molecular weight excluding hydrogens is 184 g/mol. The largest absolute Gasteiger partial charge is 0.361 e. The fourth-order valence-corrected chi connectivity index (χ4v) is 1.23. The first-order valence-corrected chi connectivity index (χ1v) is 4.62. The van der Waals surface area contributed by atoms with Crippen molar-refractivity contribution in [3.63, 3.8) is 0 Å². The molecule has 80 valence electrons. The molecule has 5 heteroatoms. The van der Waals surface area contributed by atoms with Crippen molar-refractivity contribution < 1.29 is 14.3 Å². The summed E-state index contributed by atoms with van der Waals surface area (Å²) in [4.78, 5) is 22.7. The Bertz CT molecular complexity index is 248. The number of epoxide rings is 1. The summed E-state index contributed by atoms with van der Waals surface area (Å²) < 4.78 is 5.00. The minimum atomic E-state index is -0.660. The molecule has 0 radical (unpaired) electrons. The molecule has 0 bridgehead atoms. The summed E-state index contributed by atoms with van der Waals surface area (Å²) in [6.07, 6.45) is 0. The van der Waals surface area contributed by atoms with Gasteiger partial charge in [0.2, 0.25) is 5.91 Å². The van der Waals surface area contributed by atoms with E-state index in [2.05, 4.69) is 10.6 Å². The quantitative estimate of drug-likeness (QED) is 0.562. The lowest BCUT2D eigenvalue weighted by Gasteiger charge is -2.14. The van der Waals surface area contributed by atoms with Gasteiger partial charge in [0.25, 0.3) is 0 Å². The minimum absolute atomic E-state index is 0.0676. The molecule has 1 aliphatic rings. The molecule has 1 amide bonds. The van der Waals surface area contributed by atoms with E-state index in [1.807, 2.05) is 0 Å². The zero-order chi connectivity index (χ0) is 10.8. The summed E-state index contributed by atoms with van der Waals surface area (Å²) in [6, 6.07) is -0.483. The first-order chi connectivity index (χ1) is 6.49. The van der Waals surface area contributed by atoms with Crippen molar-refractivity contribution in [2.24, 2.45) is 0 Å². The average Bonchev–Trinajstić information content (AvgIpc) is 2.84. The SMILES string of the molecule is CNCC(=O)NC(C)C(=O)[C@@]1(C)CO1. The van der Waals surface area contributed by atoms with Crippen LogP contribution >= 0.6 is 0 Å². The second-order valence-corrected chi connectivity index (χ2v) is 3.70.